The van der Waals surface area contributed by atoms with Crippen molar-refractivity contribution in [2.75, 3.05) is 49.5 Å². The summed E-state index contributed by atoms with van der Waals surface area (Å²) >= 11 is 0. The summed E-state index contributed by atoms with van der Waals surface area (Å²) in [7, 11) is -1.35. The normalized spacial score (nSPS) is 13.5. The Morgan fingerprint density at radius 3 is 1.43 bits per heavy atom. The Bertz CT molecular complexity index is 1880. The van der Waals surface area contributed by atoms with E-state index in [4.69, 9.17) is 10.8 Å². The molecule has 0 spiro atoms. The van der Waals surface area contributed by atoms with E-state index in [1.165, 1.54) is 36.4 Å². The maximum Gasteiger partial charge on any atom is 0.324 e. The molecule has 0 saturated heterocycles. The van der Waals surface area contributed by atoms with Crippen LogP contribution in [0.2, 0.25) is 0 Å². The van der Waals surface area contributed by atoms with Crippen LogP contribution in [-0.2, 0) is 29.6 Å². The van der Waals surface area contributed by atoms with E-state index in [2.05, 4.69) is 0 Å². The van der Waals surface area contributed by atoms with Crippen LogP contribution in [-0.4, -0.2) is 94.5 Å². The molecule has 46 heavy (non-hydrogen) atoms. The summed E-state index contributed by atoms with van der Waals surface area (Å²) in [6.45, 7) is 0. The van der Waals surface area contributed by atoms with Crippen LogP contribution in [0.3, 0.4) is 0 Å². The van der Waals surface area contributed by atoms with Gasteiger partial charge in [0.1, 0.15) is 12.1 Å². The summed E-state index contributed by atoms with van der Waals surface area (Å²) in [6.07, 6.45) is 0. The van der Waals surface area contributed by atoms with Crippen LogP contribution in [0.1, 0.15) is 0 Å². The second kappa shape index (κ2) is 14.1. The van der Waals surface area contributed by atoms with Gasteiger partial charge < -0.3 is 25.7 Å². The van der Waals surface area contributed by atoms with Crippen molar-refractivity contribution in [3.05, 3.63) is 72.8 Å². The number of anilines is 2. The molecule has 0 radical (unpaired) electrons. The van der Waals surface area contributed by atoms with E-state index in [1.807, 2.05) is 0 Å². The van der Waals surface area contributed by atoms with Gasteiger partial charge >= 0.3 is 11.9 Å². The number of hydrogen-bond donors (Lipinski definition) is 3. The summed E-state index contributed by atoms with van der Waals surface area (Å²) in [5, 5.41) is 21.0. The first-order chi connectivity index (χ1) is 21.6. The SMILES string of the molecule is CN(C)c1cccc2c(S(=O)(=O)N(C(CSSCC(N)C(=O)O)C(=O)O)S(=O)(=O)c3cccc4c(N(C)C)cccc34)cccc12. The minimum absolute atomic E-state index is 0.0846. The molecule has 2 atom stereocenters. The molecule has 4 N–H and O–H groups in total. The number of carbonyl (C=O) groups is 2. The van der Waals surface area contributed by atoms with Gasteiger partial charge in [-0.1, -0.05) is 73.8 Å². The molecular formula is C30H34N4O8S4. The van der Waals surface area contributed by atoms with Gasteiger partial charge in [0.15, 0.2) is 0 Å². The van der Waals surface area contributed by atoms with E-state index in [9.17, 15) is 31.5 Å². The van der Waals surface area contributed by atoms with Gasteiger partial charge in [-0.05, 0) is 24.3 Å². The Labute approximate surface area is 275 Å². The van der Waals surface area contributed by atoms with Crippen LogP contribution >= 0.6 is 21.6 Å². The Morgan fingerprint density at radius 2 is 1.04 bits per heavy atom. The zero-order valence-corrected chi connectivity index (χ0v) is 28.7. The number of nitrogens with two attached hydrogens (primary N) is 1. The fourth-order valence-corrected chi connectivity index (χ4v) is 11.8. The fraction of sp³-hybridized carbons (Fsp3) is 0.267. The van der Waals surface area contributed by atoms with Crippen molar-refractivity contribution >= 4 is 86.5 Å². The van der Waals surface area contributed by atoms with Gasteiger partial charge in [0, 0.05) is 72.6 Å². The molecule has 0 aliphatic heterocycles. The number of hydrogen-bond acceptors (Lipinski definition) is 11. The molecule has 0 heterocycles. The third kappa shape index (κ3) is 6.91. The zero-order chi connectivity index (χ0) is 34.0. The van der Waals surface area contributed by atoms with E-state index in [0.29, 0.717) is 22.1 Å². The van der Waals surface area contributed by atoms with Gasteiger partial charge in [-0.15, -0.1) is 0 Å². The van der Waals surface area contributed by atoms with Crippen molar-refractivity contribution in [3.8, 4) is 0 Å². The number of aliphatic carboxylic acids is 2. The highest BCUT2D eigenvalue weighted by atomic mass is 33.1. The van der Waals surface area contributed by atoms with Crippen molar-refractivity contribution in [1.82, 2.24) is 3.71 Å². The number of sulfonamides is 2. The minimum Gasteiger partial charge on any atom is -0.480 e. The maximum absolute atomic E-state index is 14.7. The molecule has 0 amide bonds. The average molecular weight is 707 g/mol. The van der Waals surface area contributed by atoms with Crippen molar-refractivity contribution in [2.24, 2.45) is 5.73 Å². The molecule has 2 unspecified atom stereocenters. The lowest BCUT2D eigenvalue weighted by atomic mass is 10.1. The molecule has 0 aromatic heterocycles. The quantitative estimate of drug-likeness (QED) is 0.128. The Balaban J connectivity index is 1.97. The van der Waals surface area contributed by atoms with Crippen molar-refractivity contribution in [3.63, 3.8) is 0 Å². The van der Waals surface area contributed by atoms with Crippen LogP contribution in [0.5, 0.6) is 0 Å². The predicted octanol–water partition coefficient (Wildman–Crippen LogP) is 3.75. The van der Waals surface area contributed by atoms with E-state index >= 15 is 0 Å². The number of carboxylic acid groups (broad SMARTS) is 2. The smallest absolute Gasteiger partial charge is 0.324 e. The first-order valence-corrected chi connectivity index (χ1v) is 19.1. The highest BCUT2D eigenvalue weighted by molar-refractivity contribution is 8.76. The summed E-state index contributed by atoms with van der Waals surface area (Å²) < 4.78 is 58.8. The molecule has 0 bridgehead atoms. The predicted molar refractivity (Wildman–Crippen MR) is 185 cm³/mol. The maximum atomic E-state index is 14.7. The topological polar surface area (TPSA) is 179 Å². The number of carboxylic acids is 2. The highest BCUT2D eigenvalue weighted by Gasteiger charge is 2.46. The number of benzene rings is 4. The standard InChI is InChI=1S/C30H34N4O8S4/c1-32(2)24-13-5-11-21-19(24)9-7-15-27(21)45(39,40)34(26(30(37)38)18-44-43-17-23(31)29(35)36)46(41,42)28-16-8-10-20-22(28)12-6-14-25(20)33(3)4/h5-16,23,26H,17-18,31H2,1-4H3,(H,35,36)(H,37,38). The summed E-state index contributed by atoms with van der Waals surface area (Å²) in [5.41, 5.74) is 6.90. The molecule has 4 aromatic rings. The van der Waals surface area contributed by atoms with Gasteiger partial charge in [0.25, 0.3) is 20.0 Å². The van der Waals surface area contributed by atoms with Crippen LogP contribution in [0.25, 0.3) is 21.5 Å². The third-order valence-electron chi connectivity index (χ3n) is 7.12. The summed E-state index contributed by atoms with van der Waals surface area (Å²) in [6, 6.07) is 15.4. The van der Waals surface area contributed by atoms with Gasteiger partial charge in [-0.25, -0.2) is 16.8 Å². The fourth-order valence-electron chi connectivity index (χ4n) is 4.94. The largest absolute Gasteiger partial charge is 0.480 e. The van der Waals surface area contributed by atoms with Gasteiger partial charge in [0.05, 0.1) is 9.79 Å². The van der Waals surface area contributed by atoms with Crippen LogP contribution in [0.15, 0.2) is 82.6 Å². The van der Waals surface area contributed by atoms with Gasteiger partial charge in [0.2, 0.25) is 0 Å². The minimum atomic E-state index is -5.09. The average Bonchev–Trinajstić information content (AvgIpc) is 3.00. The molecule has 246 valence electrons. The van der Waals surface area contributed by atoms with Gasteiger partial charge in [-0.2, -0.15) is 0 Å². The van der Waals surface area contributed by atoms with Crippen LogP contribution < -0.4 is 15.5 Å². The molecule has 4 aromatic carbocycles. The first kappa shape index (κ1) is 35.3. The zero-order valence-electron chi connectivity index (χ0n) is 25.4. The number of nitrogens with zero attached hydrogens (tertiary/aromatic N) is 3. The molecule has 16 heteroatoms. The second-order valence-electron chi connectivity index (χ2n) is 10.6. The Hall–Kier alpha value is -3.54. The summed E-state index contributed by atoms with van der Waals surface area (Å²) in [4.78, 5) is 26.8. The lowest BCUT2D eigenvalue weighted by molar-refractivity contribution is -0.140. The molecule has 0 saturated carbocycles. The lowest BCUT2D eigenvalue weighted by Gasteiger charge is -2.29. The van der Waals surface area contributed by atoms with Gasteiger partial charge in [-0.3, -0.25) is 9.59 Å². The summed E-state index contributed by atoms with van der Waals surface area (Å²) in [5.74, 6) is -3.63. The van der Waals surface area contributed by atoms with E-state index in [1.54, 1.807) is 74.4 Å². The molecular weight excluding hydrogens is 673 g/mol. The molecule has 12 nitrogen and oxygen atoms in total. The molecule has 4 rings (SSSR count). The van der Waals surface area contributed by atoms with E-state index in [-0.39, 0.29) is 30.0 Å². The second-order valence-corrected chi connectivity index (χ2v) is 17.0. The van der Waals surface area contributed by atoms with E-state index in [0.717, 1.165) is 21.6 Å². The first-order valence-electron chi connectivity index (χ1n) is 13.7. The van der Waals surface area contributed by atoms with Crippen molar-refractivity contribution in [2.45, 2.75) is 21.9 Å². The van der Waals surface area contributed by atoms with E-state index < -0.39 is 49.8 Å². The molecule has 0 aliphatic carbocycles. The molecule has 0 aliphatic rings. The van der Waals surface area contributed by atoms with Crippen molar-refractivity contribution in [1.29, 1.82) is 0 Å². The Kier molecular flexibility index (Phi) is 10.8. The lowest BCUT2D eigenvalue weighted by Crippen LogP contribution is -2.49. The number of rotatable bonds is 14. The van der Waals surface area contributed by atoms with Crippen molar-refractivity contribution < 1.29 is 36.6 Å². The van der Waals surface area contributed by atoms with Crippen LogP contribution in [0, 0.1) is 0 Å². The van der Waals surface area contributed by atoms with Crippen LogP contribution in [0.4, 0.5) is 11.4 Å². The monoisotopic (exact) mass is 706 g/mol. The third-order valence-corrected chi connectivity index (χ3v) is 14.0. The molecule has 0 fully saturated rings. The number of fused-ring (bicyclic) bond motifs is 2. The Morgan fingerprint density at radius 1 is 0.652 bits per heavy atom. The highest BCUT2D eigenvalue weighted by Crippen LogP contribution is 2.38.